The van der Waals surface area contributed by atoms with E-state index in [1.165, 1.54) is 5.56 Å². The van der Waals surface area contributed by atoms with Gasteiger partial charge in [-0.15, -0.1) is 0 Å². The molecule has 3 heteroatoms. The summed E-state index contributed by atoms with van der Waals surface area (Å²) in [5.41, 5.74) is 2.56. The van der Waals surface area contributed by atoms with Gasteiger partial charge in [-0.3, -0.25) is 4.79 Å². The minimum Gasteiger partial charge on any atom is -0.334 e. The molecule has 25 heavy (non-hydrogen) atoms. The van der Waals surface area contributed by atoms with Gasteiger partial charge in [-0.25, -0.2) is 0 Å². The van der Waals surface area contributed by atoms with Crippen molar-refractivity contribution in [1.29, 1.82) is 0 Å². The highest BCUT2D eigenvalue weighted by Crippen LogP contribution is 2.34. The van der Waals surface area contributed by atoms with Crippen LogP contribution in [0.25, 0.3) is 10.8 Å². The second-order valence-electron chi connectivity index (χ2n) is 8.74. The molecule has 2 rings (SSSR count). The third kappa shape index (κ3) is 3.97. The lowest BCUT2D eigenvalue weighted by atomic mass is 9.95. The molecule has 0 spiro atoms. The number of nitrogens with zero attached hydrogens (tertiary/aromatic N) is 1. The maximum atomic E-state index is 13.6. The summed E-state index contributed by atoms with van der Waals surface area (Å²) in [7, 11) is -1.43. The number of hydrogen-bond donors (Lipinski definition) is 0. The van der Waals surface area contributed by atoms with E-state index in [2.05, 4.69) is 78.5 Å². The monoisotopic (exact) mass is 355 g/mol. The summed E-state index contributed by atoms with van der Waals surface area (Å²) in [4.78, 5) is 15.7. The number of benzene rings is 2. The van der Waals surface area contributed by atoms with E-state index in [0.29, 0.717) is 5.54 Å². The Hall–Kier alpha value is -1.61. The van der Waals surface area contributed by atoms with Crippen molar-refractivity contribution in [1.82, 2.24) is 4.90 Å². The average Bonchev–Trinajstić information content (AvgIpc) is 2.51. The van der Waals surface area contributed by atoms with E-state index < -0.39 is 8.07 Å². The van der Waals surface area contributed by atoms with Crippen LogP contribution in [0.4, 0.5) is 0 Å². The van der Waals surface area contributed by atoms with Crippen LogP contribution in [-0.2, 0) is 0 Å². The van der Waals surface area contributed by atoms with E-state index in [-0.39, 0.29) is 18.0 Å². The van der Waals surface area contributed by atoms with E-state index in [0.717, 1.165) is 16.3 Å². The van der Waals surface area contributed by atoms with Crippen LogP contribution in [-0.4, -0.2) is 31.0 Å². The van der Waals surface area contributed by atoms with Crippen molar-refractivity contribution in [3.63, 3.8) is 0 Å². The van der Waals surface area contributed by atoms with Gasteiger partial charge in [0.15, 0.2) is 0 Å². The maximum Gasteiger partial charge on any atom is 0.255 e. The van der Waals surface area contributed by atoms with Gasteiger partial charge < -0.3 is 4.90 Å². The first-order chi connectivity index (χ1) is 11.6. The third-order valence-electron chi connectivity index (χ3n) is 5.29. The number of rotatable bonds is 5. The molecule has 2 aromatic rings. The molecular weight excluding hydrogens is 322 g/mol. The molecule has 0 unspecified atom stereocenters. The predicted octanol–water partition coefficient (Wildman–Crippen LogP) is 6.08. The summed E-state index contributed by atoms with van der Waals surface area (Å²) >= 11 is 0. The first-order valence-electron chi connectivity index (χ1n) is 9.40. The van der Waals surface area contributed by atoms with Crippen LogP contribution in [0.3, 0.4) is 0 Å². The Morgan fingerprint density at radius 1 is 0.880 bits per heavy atom. The van der Waals surface area contributed by atoms with Crippen molar-refractivity contribution >= 4 is 24.8 Å². The van der Waals surface area contributed by atoms with E-state index in [1.54, 1.807) is 0 Å². The van der Waals surface area contributed by atoms with Gasteiger partial charge in [-0.2, -0.15) is 0 Å². The van der Waals surface area contributed by atoms with Crippen LogP contribution in [0, 0.1) is 0 Å². The molecule has 1 atom stereocenters. The molecule has 0 aromatic heterocycles. The molecule has 0 saturated carbocycles. The fourth-order valence-corrected chi connectivity index (χ4v) is 4.72. The Labute approximate surface area is 154 Å². The average molecular weight is 356 g/mol. The molecule has 0 bridgehead atoms. The Bertz CT molecular complexity index is 750. The molecule has 2 nitrogen and oxygen atoms in total. The van der Waals surface area contributed by atoms with E-state index in [1.807, 2.05) is 17.0 Å². The van der Waals surface area contributed by atoms with Gasteiger partial charge in [0, 0.05) is 12.1 Å². The smallest absolute Gasteiger partial charge is 0.255 e. The zero-order valence-electron chi connectivity index (χ0n) is 17.1. The van der Waals surface area contributed by atoms with Crippen LogP contribution < -0.4 is 0 Å². The number of amides is 1. The molecule has 0 aliphatic rings. The molecule has 0 aliphatic heterocycles. The minimum atomic E-state index is -1.43. The highest BCUT2D eigenvalue weighted by molar-refractivity contribution is 6.77. The standard InChI is InChI=1S/C22H33NOSi/c1-15(2)23(16(3)4)22(24)21-19(17(5)25(6,7)8)14-13-18-11-9-10-12-20(18)21/h9-17H,1-8H3/t17-/m0/s1. The first kappa shape index (κ1) is 19.7. The Morgan fingerprint density at radius 3 is 1.96 bits per heavy atom. The molecule has 0 radical (unpaired) electrons. The summed E-state index contributed by atoms with van der Waals surface area (Å²) in [6, 6.07) is 13.0. The van der Waals surface area contributed by atoms with Crippen LogP contribution in [0.5, 0.6) is 0 Å². The van der Waals surface area contributed by atoms with E-state index in [9.17, 15) is 4.79 Å². The molecule has 0 saturated heterocycles. The van der Waals surface area contributed by atoms with Gasteiger partial charge >= 0.3 is 0 Å². The SMILES string of the molecule is CC(C)N(C(=O)c1c([C@H](C)[Si](C)(C)C)ccc2ccccc12)C(C)C. The maximum absolute atomic E-state index is 13.6. The summed E-state index contributed by atoms with van der Waals surface area (Å²) in [6.07, 6.45) is 0. The first-order valence-corrected chi connectivity index (χ1v) is 13.0. The summed E-state index contributed by atoms with van der Waals surface area (Å²) in [5, 5.41) is 2.23. The summed E-state index contributed by atoms with van der Waals surface area (Å²) < 4.78 is 0. The fraction of sp³-hybridized carbons (Fsp3) is 0.500. The molecule has 2 aromatic carbocycles. The van der Waals surface area contributed by atoms with Crippen molar-refractivity contribution in [3.8, 4) is 0 Å². The Balaban J connectivity index is 2.76. The molecule has 136 valence electrons. The quantitative estimate of drug-likeness (QED) is 0.595. The zero-order valence-corrected chi connectivity index (χ0v) is 18.1. The lowest BCUT2D eigenvalue weighted by Crippen LogP contribution is -2.43. The van der Waals surface area contributed by atoms with Crippen LogP contribution in [0.1, 0.15) is 56.1 Å². The zero-order chi connectivity index (χ0) is 18.9. The van der Waals surface area contributed by atoms with Gasteiger partial charge in [0.1, 0.15) is 0 Å². The van der Waals surface area contributed by atoms with Crippen molar-refractivity contribution < 1.29 is 4.79 Å². The molecule has 1 amide bonds. The molecule has 0 heterocycles. The van der Waals surface area contributed by atoms with Crippen molar-refractivity contribution in [3.05, 3.63) is 47.5 Å². The Morgan fingerprint density at radius 2 is 1.44 bits per heavy atom. The number of hydrogen-bond acceptors (Lipinski definition) is 1. The fourth-order valence-electron chi connectivity index (χ4n) is 3.55. The Kier molecular flexibility index (Phi) is 5.78. The van der Waals surface area contributed by atoms with Crippen LogP contribution in [0.15, 0.2) is 36.4 Å². The van der Waals surface area contributed by atoms with Crippen molar-refractivity contribution in [2.75, 3.05) is 0 Å². The second-order valence-corrected chi connectivity index (χ2v) is 14.3. The normalized spacial score (nSPS) is 13.5. The molecule has 0 N–H and O–H groups in total. The van der Waals surface area contributed by atoms with E-state index >= 15 is 0 Å². The molecule has 0 fully saturated rings. The highest BCUT2D eigenvalue weighted by atomic mass is 28.3. The predicted molar refractivity (Wildman–Crippen MR) is 112 cm³/mol. The lowest BCUT2D eigenvalue weighted by molar-refractivity contribution is 0.0644. The largest absolute Gasteiger partial charge is 0.334 e. The van der Waals surface area contributed by atoms with E-state index in [4.69, 9.17) is 0 Å². The minimum absolute atomic E-state index is 0.168. The number of carbonyl (C=O) groups excluding carboxylic acids is 1. The number of carbonyl (C=O) groups is 1. The summed E-state index contributed by atoms with van der Waals surface area (Å²) in [6.45, 7) is 17.8. The van der Waals surface area contributed by atoms with Gasteiger partial charge in [-0.1, -0.05) is 63.0 Å². The topological polar surface area (TPSA) is 20.3 Å². The van der Waals surface area contributed by atoms with Crippen molar-refractivity contribution in [2.24, 2.45) is 0 Å². The van der Waals surface area contributed by atoms with Gasteiger partial charge in [0.25, 0.3) is 5.91 Å². The lowest BCUT2D eigenvalue weighted by Gasteiger charge is -2.34. The highest BCUT2D eigenvalue weighted by Gasteiger charge is 2.31. The van der Waals surface area contributed by atoms with Crippen LogP contribution in [0.2, 0.25) is 19.6 Å². The second kappa shape index (κ2) is 7.33. The van der Waals surface area contributed by atoms with Gasteiger partial charge in [-0.05, 0) is 49.6 Å². The molecular formula is C22H33NOSi. The summed E-state index contributed by atoms with van der Waals surface area (Å²) in [5.74, 6) is 0.168. The van der Waals surface area contributed by atoms with Gasteiger partial charge in [0.2, 0.25) is 0 Å². The van der Waals surface area contributed by atoms with Gasteiger partial charge in [0.05, 0.1) is 13.6 Å². The third-order valence-corrected chi connectivity index (χ3v) is 8.20. The number of fused-ring (bicyclic) bond motifs is 1. The van der Waals surface area contributed by atoms with Crippen molar-refractivity contribution in [2.45, 2.75) is 71.9 Å². The molecule has 0 aliphatic carbocycles. The van der Waals surface area contributed by atoms with Crippen LogP contribution >= 0.6 is 0 Å².